The van der Waals surface area contributed by atoms with Gasteiger partial charge in [-0.05, 0) is 17.7 Å². The Bertz CT molecular complexity index is 292. The number of benzene rings is 1. The van der Waals surface area contributed by atoms with Crippen LogP contribution in [0.4, 0.5) is 0 Å². The maximum atomic E-state index is 10.3. The van der Waals surface area contributed by atoms with Gasteiger partial charge in [0.25, 0.3) is 0 Å². The molecule has 0 saturated carbocycles. The zero-order valence-electron chi connectivity index (χ0n) is 6.36. The van der Waals surface area contributed by atoms with Crippen molar-refractivity contribution in [2.75, 3.05) is 0 Å². The van der Waals surface area contributed by atoms with Crippen LogP contribution in [0.5, 0.6) is 5.75 Å². The number of rotatable bonds is 3. The minimum absolute atomic E-state index is 0.395. The van der Waals surface area contributed by atoms with Gasteiger partial charge in [0, 0.05) is 0 Å². The van der Waals surface area contributed by atoms with Crippen molar-refractivity contribution in [3.63, 3.8) is 0 Å². The Morgan fingerprint density at radius 3 is 2.42 bits per heavy atom. The smallest absolute Gasteiger partial charge is 0.511 e. The summed E-state index contributed by atoms with van der Waals surface area (Å²) in [5.74, 6) is 0.395. The molecule has 0 aliphatic rings. The standard InChI is InChI=1S/C8H8O3Si/c1-2-7-3-5-8(6-4-7)11-12(9)10/h2-6,9H,1H2. The Hall–Kier alpha value is -1.42. The molecule has 0 saturated heterocycles. The van der Waals surface area contributed by atoms with Crippen LogP contribution in [0, 0.1) is 0 Å². The van der Waals surface area contributed by atoms with Gasteiger partial charge < -0.3 is 9.22 Å². The molecule has 62 valence electrons. The van der Waals surface area contributed by atoms with Gasteiger partial charge in [-0.15, -0.1) is 0 Å². The molecule has 0 unspecified atom stereocenters. The molecule has 0 aliphatic heterocycles. The predicted molar refractivity (Wildman–Crippen MR) is 45.8 cm³/mol. The van der Waals surface area contributed by atoms with Gasteiger partial charge in [-0.2, -0.15) is 0 Å². The van der Waals surface area contributed by atoms with Gasteiger partial charge in [0.1, 0.15) is 5.75 Å². The highest BCUT2D eigenvalue weighted by atomic mass is 28.3. The molecule has 0 radical (unpaired) electrons. The quantitative estimate of drug-likeness (QED) is 0.709. The third kappa shape index (κ3) is 2.32. The first-order chi connectivity index (χ1) is 5.72. The molecule has 1 aromatic carbocycles. The van der Waals surface area contributed by atoms with E-state index in [1.807, 2.05) is 0 Å². The summed E-state index contributed by atoms with van der Waals surface area (Å²) in [6, 6.07) is 6.76. The summed E-state index contributed by atoms with van der Waals surface area (Å²) < 4.78 is 14.8. The van der Waals surface area contributed by atoms with Gasteiger partial charge in [-0.3, -0.25) is 4.46 Å². The van der Waals surface area contributed by atoms with E-state index in [0.717, 1.165) is 5.56 Å². The second kappa shape index (κ2) is 3.82. The molecule has 4 heteroatoms. The summed E-state index contributed by atoms with van der Waals surface area (Å²) in [5, 5.41) is 0. The summed E-state index contributed by atoms with van der Waals surface area (Å²) in [5.41, 5.74) is 0.944. The normalized spacial score (nSPS) is 9.00. The van der Waals surface area contributed by atoms with Crippen molar-refractivity contribution in [2.45, 2.75) is 0 Å². The summed E-state index contributed by atoms with van der Waals surface area (Å²) in [6.07, 6.45) is 1.69. The summed E-state index contributed by atoms with van der Waals surface area (Å²) in [6.45, 7) is 3.58. The van der Waals surface area contributed by atoms with Crippen molar-refractivity contribution >= 4 is 15.2 Å². The molecular formula is C8H8O3Si. The zero-order valence-corrected chi connectivity index (χ0v) is 7.36. The number of hydrogen-bond acceptors (Lipinski definition) is 2. The highest BCUT2D eigenvalue weighted by molar-refractivity contribution is 6.25. The van der Waals surface area contributed by atoms with Gasteiger partial charge in [0.2, 0.25) is 0 Å². The van der Waals surface area contributed by atoms with Crippen LogP contribution in [0.1, 0.15) is 5.56 Å². The van der Waals surface area contributed by atoms with Gasteiger partial charge in [0.15, 0.2) is 0 Å². The van der Waals surface area contributed by atoms with Crippen LogP contribution in [0.2, 0.25) is 0 Å². The van der Waals surface area contributed by atoms with E-state index in [9.17, 15) is 4.46 Å². The molecule has 1 N–H and O–H groups in total. The van der Waals surface area contributed by atoms with Gasteiger partial charge in [0.05, 0.1) is 0 Å². The molecule has 0 atom stereocenters. The maximum Gasteiger partial charge on any atom is 0.770 e. The largest absolute Gasteiger partial charge is 0.770 e. The van der Waals surface area contributed by atoms with Crippen LogP contribution < -0.4 is 4.43 Å². The minimum atomic E-state index is -2.88. The van der Waals surface area contributed by atoms with E-state index in [2.05, 4.69) is 11.0 Å². The highest BCUT2D eigenvalue weighted by Gasteiger charge is 2.04. The van der Waals surface area contributed by atoms with E-state index in [4.69, 9.17) is 4.80 Å². The molecule has 12 heavy (non-hydrogen) atoms. The Morgan fingerprint density at radius 2 is 2.00 bits per heavy atom. The monoisotopic (exact) mass is 180 g/mol. The fourth-order valence-electron chi connectivity index (χ4n) is 0.773. The summed E-state index contributed by atoms with van der Waals surface area (Å²) in [7, 11) is -2.88. The van der Waals surface area contributed by atoms with Crippen LogP contribution in [-0.4, -0.2) is 14.0 Å². The lowest BCUT2D eigenvalue weighted by atomic mass is 10.2. The van der Waals surface area contributed by atoms with Crippen LogP contribution in [0.25, 0.3) is 6.08 Å². The van der Waals surface area contributed by atoms with Gasteiger partial charge >= 0.3 is 9.17 Å². The fraction of sp³-hybridized carbons (Fsp3) is 0. The van der Waals surface area contributed by atoms with Crippen molar-refractivity contribution in [1.29, 1.82) is 0 Å². The van der Waals surface area contributed by atoms with Crippen molar-refractivity contribution in [2.24, 2.45) is 0 Å². The summed E-state index contributed by atoms with van der Waals surface area (Å²) in [4.78, 5) is 8.44. The molecule has 0 fully saturated rings. The lowest BCUT2D eigenvalue weighted by Crippen LogP contribution is -2.08. The van der Waals surface area contributed by atoms with E-state index in [0.29, 0.717) is 5.75 Å². The Kier molecular flexibility index (Phi) is 2.76. The topological polar surface area (TPSA) is 46.5 Å². The second-order valence-corrected chi connectivity index (χ2v) is 2.88. The molecule has 0 aliphatic carbocycles. The molecule has 3 nitrogen and oxygen atoms in total. The Balaban J connectivity index is 2.77. The Morgan fingerprint density at radius 1 is 1.42 bits per heavy atom. The molecule has 0 bridgehead atoms. The third-order valence-corrected chi connectivity index (χ3v) is 1.73. The lowest BCUT2D eigenvalue weighted by molar-refractivity contribution is 0.338. The average molecular weight is 180 g/mol. The second-order valence-electron chi connectivity index (χ2n) is 2.14. The van der Waals surface area contributed by atoms with Crippen LogP contribution >= 0.6 is 0 Å². The first-order valence-electron chi connectivity index (χ1n) is 3.35. The molecule has 1 rings (SSSR count). The predicted octanol–water partition coefficient (Wildman–Crippen LogP) is 1.12. The SMILES string of the molecule is C=Cc1ccc(O[Si](=O)O)cc1. The van der Waals surface area contributed by atoms with E-state index in [1.54, 1.807) is 30.3 Å². The maximum absolute atomic E-state index is 10.3. The number of hydrogen-bond donors (Lipinski definition) is 1. The van der Waals surface area contributed by atoms with Crippen LogP contribution in [-0.2, 0) is 4.46 Å². The van der Waals surface area contributed by atoms with Crippen molar-refractivity contribution in [3.8, 4) is 5.75 Å². The van der Waals surface area contributed by atoms with Gasteiger partial charge in [-0.25, -0.2) is 0 Å². The molecule has 0 spiro atoms. The zero-order chi connectivity index (χ0) is 8.97. The van der Waals surface area contributed by atoms with Gasteiger partial charge in [-0.1, -0.05) is 24.8 Å². The van der Waals surface area contributed by atoms with Crippen molar-refractivity contribution in [1.82, 2.24) is 0 Å². The van der Waals surface area contributed by atoms with Crippen molar-refractivity contribution in [3.05, 3.63) is 36.4 Å². The lowest BCUT2D eigenvalue weighted by Gasteiger charge is -1.98. The molecule has 1 aromatic rings. The van der Waals surface area contributed by atoms with E-state index in [-0.39, 0.29) is 0 Å². The fourth-order valence-corrected chi connectivity index (χ4v) is 1.11. The van der Waals surface area contributed by atoms with E-state index in [1.165, 1.54) is 0 Å². The first kappa shape index (κ1) is 8.67. The van der Waals surface area contributed by atoms with E-state index < -0.39 is 9.17 Å². The van der Waals surface area contributed by atoms with Crippen LogP contribution in [0.15, 0.2) is 30.8 Å². The van der Waals surface area contributed by atoms with Crippen LogP contribution in [0.3, 0.4) is 0 Å². The molecule has 0 amide bonds. The third-order valence-electron chi connectivity index (χ3n) is 1.32. The molecule has 0 aromatic heterocycles. The minimum Gasteiger partial charge on any atom is -0.511 e. The molecular weight excluding hydrogens is 172 g/mol. The molecule has 0 heterocycles. The summed E-state index contributed by atoms with van der Waals surface area (Å²) >= 11 is 0. The average Bonchev–Trinajstić information content (AvgIpc) is 2.05. The first-order valence-corrected chi connectivity index (χ1v) is 4.62. The van der Waals surface area contributed by atoms with E-state index >= 15 is 0 Å². The Labute approximate surface area is 71.8 Å². The van der Waals surface area contributed by atoms with Crippen molar-refractivity contribution < 1.29 is 13.7 Å². The highest BCUT2D eigenvalue weighted by Crippen LogP contribution is 2.11.